The number of phenols is 1. The molecule has 0 aromatic heterocycles. The fourth-order valence-corrected chi connectivity index (χ4v) is 4.15. The molecule has 2 amide bonds. The normalized spacial score (nSPS) is 20.4. The maximum absolute atomic E-state index is 12.9. The topological polar surface area (TPSA) is 64.1 Å². The number of nitrogens with zero attached hydrogens (tertiary/aromatic N) is 3. The van der Waals surface area contributed by atoms with Crippen LogP contribution in [0.2, 0.25) is 0 Å². The van der Waals surface area contributed by atoms with E-state index in [2.05, 4.69) is 0 Å². The van der Waals surface area contributed by atoms with E-state index in [1.807, 2.05) is 4.90 Å². The highest BCUT2D eigenvalue weighted by atomic mass is 19.4. The average molecular weight is 433 g/mol. The van der Waals surface area contributed by atoms with Crippen LogP contribution in [0.15, 0.2) is 48.5 Å². The second-order valence-corrected chi connectivity index (χ2v) is 7.68. The summed E-state index contributed by atoms with van der Waals surface area (Å²) in [5.74, 6) is -0.449. The molecule has 0 bridgehead atoms. The number of anilines is 1. The molecule has 0 radical (unpaired) electrons. The van der Waals surface area contributed by atoms with Crippen LogP contribution in [0.25, 0.3) is 0 Å². The molecule has 2 aromatic rings. The van der Waals surface area contributed by atoms with Gasteiger partial charge in [0.05, 0.1) is 17.2 Å². The van der Waals surface area contributed by atoms with Crippen molar-refractivity contribution in [3.63, 3.8) is 0 Å². The zero-order valence-electron chi connectivity index (χ0n) is 16.7. The third-order valence-corrected chi connectivity index (χ3v) is 5.86. The summed E-state index contributed by atoms with van der Waals surface area (Å²) in [7, 11) is 0. The number of para-hydroxylation sites is 1. The molecule has 4 rings (SSSR count). The van der Waals surface area contributed by atoms with Gasteiger partial charge >= 0.3 is 6.18 Å². The SMILES string of the molecule is O=C(c1ccccc1O)N1CCN(C2CCN(c3ccc(C(F)(F)F)cc3)C2=O)CC1. The minimum atomic E-state index is -4.41. The Balaban J connectivity index is 1.37. The maximum Gasteiger partial charge on any atom is 0.416 e. The standard InChI is InChI=1S/C22H22F3N3O3/c23-22(24,25)15-5-7-16(8-6-15)28-10-9-18(21(28)31)26-11-13-27(14-12-26)20(30)17-3-1-2-4-19(17)29/h1-8,18,29H,9-14H2. The van der Waals surface area contributed by atoms with Crippen LogP contribution >= 0.6 is 0 Å². The van der Waals surface area contributed by atoms with Crippen molar-refractivity contribution in [1.29, 1.82) is 0 Å². The minimum Gasteiger partial charge on any atom is -0.507 e. The molecule has 1 N–H and O–H groups in total. The van der Waals surface area contributed by atoms with Crippen LogP contribution in [0.4, 0.5) is 18.9 Å². The van der Waals surface area contributed by atoms with Gasteiger partial charge < -0.3 is 14.9 Å². The highest BCUT2D eigenvalue weighted by molar-refractivity contribution is 5.99. The van der Waals surface area contributed by atoms with Crippen LogP contribution in [0.3, 0.4) is 0 Å². The number of amides is 2. The molecule has 2 saturated heterocycles. The first-order chi connectivity index (χ1) is 14.8. The Hall–Kier alpha value is -3.07. The van der Waals surface area contributed by atoms with Gasteiger partial charge in [0.25, 0.3) is 5.91 Å². The summed E-state index contributed by atoms with van der Waals surface area (Å²) >= 11 is 0. The zero-order valence-corrected chi connectivity index (χ0v) is 16.7. The number of carbonyl (C=O) groups is 2. The van der Waals surface area contributed by atoms with Crippen molar-refractivity contribution < 1.29 is 27.9 Å². The molecular formula is C22H22F3N3O3. The number of phenolic OH excluding ortho intramolecular Hbond substituents is 1. The predicted octanol–water partition coefficient (Wildman–Crippen LogP) is 2.97. The number of rotatable bonds is 3. The molecule has 2 aromatic carbocycles. The van der Waals surface area contributed by atoms with Gasteiger partial charge in [0.2, 0.25) is 5.91 Å². The van der Waals surface area contributed by atoms with Crippen LogP contribution in [0, 0.1) is 0 Å². The highest BCUT2D eigenvalue weighted by Crippen LogP contribution is 2.32. The number of carbonyl (C=O) groups excluding carboxylic acids is 2. The number of hydrogen-bond donors (Lipinski definition) is 1. The van der Waals surface area contributed by atoms with Crippen molar-refractivity contribution in [2.45, 2.75) is 18.6 Å². The fourth-order valence-electron chi connectivity index (χ4n) is 4.15. The first-order valence-electron chi connectivity index (χ1n) is 10.1. The zero-order chi connectivity index (χ0) is 22.2. The van der Waals surface area contributed by atoms with Crippen LogP contribution in [-0.4, -0.2) is 65.5 Å². The molecule has 2 aliphatic rings. The van der Waals surface area contributed by atoms with Crippen molar-refractivity contribution >= 4 is 17.5 Å². The second-order valence-electron chi connectivity index (χ2n) is 7.68. The molecule has 2 fully saturated rings. The highest BCUT2D eigenvalue weighted by Gasteiger charge is 2.39. The number of halogens is 3. The molecule has 9 heteroatoms. The molecule has 0 aliphatic carbocycles. The Labute approximate surface area is 177 Å². The molecule has 1 unspecified atom stereocenters. The molecular weight excluding hydrogens is 411 g/mol. The van der Waals surface area contributed by atoms with Gasteiger partial charge in [-0.1, -0.05) is 12.1 Å². The molecule has 6 nitrogen and oxygen atoms in total. The van der Waals surface area contributed by atoms with Gasteiger partial charge in [0.1, 0.15) is 5.75 Å². The monoisotopic (exact) mass is 433 g/mol. The van der Waals surface area contributed by atoms with Crippen LogP contribution in [0.5, 0.6) is 5.75 Å². The van der Waals surface area contributed by atoms with Gasteiger partial charge in [0, 0.05) is 38.4 Å². The number of benzene rings is 2. The molecule has 164 valence electrons. The van der Waals surface area contributed by atoms with E-state index >= 15 is 0 Å². The second kappa shape index (κ2) is 8.22. The number of piperazine rings is 1. The van der Waals surface area contributed by atoms with Crippen molar-refractivity contribution in [3.8, 4) is 5.75 Å². The first kappa shape index (κ1) is 21.2. The summed E-state index contributed by atoms with van der Waals surface area (Å²) in [6.45, 7) is 2.31. The maximum atomic E-state index is 12.9. The molecule has 2 heterocycles. The van der Waals surface area contributed by atoms with E-state index in [4.69, 9.17) is 0 Å². The summed E-state index contributed by atoms with van der Waals surface area (Å²) in [6, 6.07) is 10.7. The smallest absolute Gasteiger partial charge is 0.416 e. The molecule has 1 atom stereocenters. The predicted molar refractivity (Wildman–Crippen MR) is 108 cm³/mol. The van der Waals surface area contributed by atoms with E-state index in [-0.39, 0.29) is 29.2 Å². The lowest BCUT2D eigenvalue weighted by atomic mass is 10.1. The largest absolute Gasteiger partial charge is 0.507 e. The van der Waals surface area contributed by atoms with Gasteiger partial charge in [-0.15, -0.1) is 0 Å². The summed E-state index contributed by atoms with van der Waals surface area (Å²) in [5, 5.41) is 9.90. The van der Waals surface area contributed by atoms with Crippen molar-refractivity contribution in [3.05, 3.63) is 59.7 Å². The summed E-state index contributed by atoms with van der Waals surface area (Å²) in [5.41, 5.74) is -0.0417. The third kappa shape index (κ3) is 4.23. The van der Waals surface area contributed by atoms with E-state index in [1.165, 1.54) is 23.1 Å². The van der Waals surface area contributed by atoms with Crippen molar-refractivity contribution in [1.82, 2.24) is 9.80 Å². The van der Waals surface area contributed by atoms with E-state index in [0.29, 0.717) is 44.8 Å². The Morgan fingerprint density at radius 3 is 2.19 bits per heavy atom. The van der Waals surface area contributed by atoms with E-state index in [0.717, 1.165) is 12.1 Å². The van der Waals surface area contributed by atoms with Gasteiger partial charge in [0.15, 0.2) is 0 Å². The van der Waals surface area contributed by atoms with Crippen molar-refractivity contribution in [2.75, 3.05) is 37.6 Å². The summed E-state index contributed by atoms with van der Waals surface area (Å²) in [4.78, 5) is 30.7. The summed E-state index contributed by atoms with van der Waals surface area (Å²) < 4.78 is 38.3. The number of aromatic hydroxyl groups is 1. The quantitative estimate of drug-likeness (QED) is 0.809. The first-order valence-corrected chi connectivity index (χ1v) is 10.1. The lowest BCUT2D eigenvalue weighted by molar-refractivity contribution is -0.137. The Morgan fingerprint density at radius 1 is 0.935 bits per heavy atom. The number of alkyl halides is 3. The van der Waals surface area contributed by atoms with Gasteiger partial charge in [-0.25, -0.2) is 0 Å². The van der Waals surface area contributed by atoms with Gasteiger partial charge in [-0.2, -0.15) is 13.2 Å². The van der Waals surface area contributed by atoms with Gasteiger partial charge in [-0.3, -0.25) is 14.5 Å². The van der Waals surface area contributed by atoms with Crippen LogP contribution in [-0.2, 0) is 11.0 Å². The van der Waals surface area contributed by atoms with E-state index in [9.17, 15) is 27.9 Å². The Kier molecular flexibility index (Phi) is 5.62. The fraction of sp³-hybridized carbons (Fsp3) is 0.364. The summed E-state index contributed by atoms with van der Waals surface area (Å²) in [6.07, 6.45) is -3.84. The van der Waals surface area contributed by atoms with Crippen molar-refractivity contribution in [2.24, 2.45) is 0 Å². The van der Waals surface area contributed by atoms with Gasteiger partial charge in [-0.05, 0) is 42.8 Å². The number of hydrogen-bond acceptors (Lipinski definition) is 4. The van der Waals surface area contributed by atoms with Crippen LogP contribution in [0.1, 0.15) is 22.3 Å². The minimum absolute atomic E-state index is 0.0620. The van der Waals surface area contributed by atoms with Crippen LogP contribution < -0.4 is 4.90 Å². The Morgan fingerprint density at radius 2 is 1.58 bits per heavy atom. The Bertz CT molecular complexity index is 970. The lowest BCUT2D eigenvalue weighted by Crippen LogP contribution is -2.53. The molecule has 0 spiro atoms. The molecule has 31 heavy (non-hydrogen) atoms. The average Bonchev–Trinajstić information content (AvgIpc) is 3.14. The van der Waals surface area contributed by atoms with E-state index < -0.39 is 11.7 Å². The molecule has 0 saturated carbocycles. The lowest BCUT2D eigenvalue weighted by Gasteiger charge is -2.37. The third-order valence-electron chi connectivity index (χ3n) is 5.86. The molecule has 2 aliphatic heterocycles. The van der Waals surface area contributed by atoms with E-state index in [1.54, 1.807) is 23.1 Å².